The summed E-state index contributed by atoms with van der Waals surface area (Å²) >= 11 is 1.80. The maximum atomic E-state index is 6.63. The van der Waals surface area contributed by atoms with Gasteiger partial charge in [0.1, 0.15) is 5.01 Å². The van der Waals surface area contributed by atoms with Gasteiger partial charge in [0.2, 0.25) is 0 Å². The van der Waals surface area contributed by atoms with E-state index in [0.29, 0.717) is 0 Å². The van der Waals surface area contributed by atoms with Crippen LogP contribution in [0.15, 0.2) is 0 Å². The molecule has 2 N–H and O–H groups in total. The van der Waals surface area contributed by atoms with Gasteiger partial charge in [-0.25, -0.2) is 4.98 Å². The quantitative estimate of drug-likeness (QED) is 0.811. The molecule has 2 atom stereocenters. The summed E-state index contributed by atoms with van der Waals surface area (Å²) in [6.45, 7) is 6.53. The molecule has 0 bridgehead atoms. The Labute approximate surface area is 109 Å². The Kier molecular flexibility index (Phi) is 3.88. The first-order valence-corrected chi connectivity index (χ1v) is 7.60. The number of aryl methyl sites for hydroxylation is 2. The van der Waals surface area contributed by atoms with Crippen molar-refractivity contribution in [3.63, 3.8) is 0 Å². The predicted octanol–water partition coefficient (Wildman–Crippen LogP) is 3.90. The molecule has 1 aromatic heterocycles. The lowest BCUT2D eigenvalue weighted by Gasteiger charge is -2.25. The second-order valence-corrected chi connectivity index (χ2v) is 6.73. The fourth-order valence-electron chi connectivity index (χ4n) is 2.75. The maximum absolute atomic E-state index is 6.63. The van der Waals surface area contributed by atoms with E-state index in [1.807, 2.05) is 0 Å². The number of nitrogens with two attached hydrogens (primary N) is 1. The summed E-state index contributed by atoms with van der Waals surface area (Å²) in [5.41, 5.74) is 7.64. The van der Waals surface area contributed by atoms with E-state index in [1.165, 1.54) is 35.6 Å². The van der Waals surface area contributed by atoms with E-state index in [4.69, 9.17) is 10.7 Å². The van der Waals surface area contributed by atoms with Crippen molar-refractivity contribution in [2.45, 2.75) is 64.8 Å². The third-order valence-corrected chi connectivity index (χ3v) is 5.56. The number of nitrogens with zero attached hydrogens (tertiary/aromatic N) is 1. The van der Waals surface area contributed by atoms with Crippen molar-refractivity contribution in [2.24, 2.45) is 11.7 Å². The van der Waals surface area contributed by atoms with E-state index in [0.717, 1.165) is 24.5 Å². The molecule has 0 saturated heterocycles. The monoisotopic (exact) mass is 252 g/mol. The van der Waals surface area contributed by atoms with Gasteiger partial charge in [-0.15, -0.1) is 11.3 Å². The van der Waals surface area contributed by atoms with Crippen molar-refractivity contribution in [2.75, 3.05) is 0 Å². The van der Waals surface area contributed by atoms with Crippen LogP contribution in [-0.4, -0.2) is 4.98 Å². The van der Waals surface area contributed by atoms with Gasteiger partial charge in [0.15, 0.2) is 0 Å². The van der Waals surface area contributed by atoms with E-state index in [1.54, 1.807) is 11.3 Å². The standard InChI is InChI=1S/C14H24N2S/c1-4-12-6-5-8-14(15,9-7-12)13-16-10(2)11(3)17-13/h12H,4-9,15H2,1-3H3. The second kappa shape index (κ2) is 5.07. The molecule has 2 unspecified atom stereocenters. The Balaban J connectivity index is 2.18. The van der Waals surface area contributed by atoms with Crippen LogP contribution in [0.5, 0.6) is 0 Å². The van der Waals surface area contributed by atoms with Gasteiger partial charge in [0, 0.05) is 4.88 Å². The molecule has 2 rings (SSSR count). The van der Waals surface area contributed by atoms with E-state index >= 15 is 0 Å². The average Bonchev–Trinajstić information content (AvgIpc) is 2.53. The predicted molar refractivity (Wildman–Crippen MR) is 74.3 cm³/mol. The molecule has 3 heteroatoms. The summed E-state index contributed by atoms with van der Waals surface area (Å²) in [6, 6.07) is 0. The van der Waals surface area contributed by atoms with Crippen LogP contribution in [0.25, 0.3) is 0 Å². The minimum absolute atomic E-state index is 0.145. The molecular formula is C14H24N2S. The number of rotatable bonds is 2. The van der Waals surface area contributed by atoms with Crippen LogP contribution in [0.3, 0.4) is 0 Å². The molecular weight excluding hydrogens is 228 g/mol. The van der Waals surface area contributed by atoms with E-state index in [9.17, 15) is 0 Å². The van der Waals surface area contributed by atoms with Gasteiger partial charge < -0.3 is 5.73 Å². The highest BCUT2D eigenvalue weighted by Gasteiger charge is 2.33. The maximum Gasteiger partial charge on any atom is 0.113 e. The number of hydrogen-bond acceptors (Lipinski definition) is 3. The highest BCUT2D eigenvalue weighted by Crippen LogP contribution is 2.38. The van der Waals surface area contributed by atoms with Crippen molar-refractivity contribution in [1.29, 1.82) is 0 Å². The van der Waals surface area contributed by atoms with Crippen LogP contribution >= 0.6 is 11.3 Å². The van der Waals surface area contributed by atoms with Crippen LogP contribution in [0, 0.1) is 19.8 Å². The molecule has 1 aliphatic carbocycles. The van der Waals surface area contributed by atoms with Crippen LogP contribution in [0.4, 0.5) is 0 Å². The topological polar surface area (TPSA) is 38.9 Å². The number of aromatic nitrogens is 1. The van der Waals surface area contributed by atoms with Crippen molar-refractivity contribution in [3.8, 4) is 0 Å². The smallest absolute Gasteiger partial charge is 0.113 e. The Morgan fingerprint density at radius 3 is 2.71 bits per heavy atom. The molecule has 1 saturated carbocycles. The number of thiazole rings is 1. The zero-order valence-corrected chi connectivity index (χ0v) is 12.1. The summed E-state index contributed by atoms with van der Waals surface area (Å²) in [5.74, 6) is 0.877. The average molecular weight is 252 g/mol. The summed E-state index contributed by atoms with van der Waals surface area (Å²) in [5, 5.41) is 1.17. The molecule has 1 aliphatic rings. The molecule has 96 valence electrons. The molecule has 1 aromatic rings. The fourth-order valence-corrected chi connectivity index (χ4v) is 3.82. The van der Waals surface area contributed by atoms with Crippen molar-refractivity contribution in [3.05, 3.63) is 15.6 Å². The highest BCUT2D eigenvalue weighted by atomic mass is 32.1. The molecule has 0 radical (unpaired) electrons. The fraction of sp³-hybridized carbons (Fsp3) is 0.786. The molecule has 1 fully saturated rings. The molecule has 17 heavy (non-hydrogen) atoms. The third-order valence-electron chi connectivity index (χ3n) is 4.27. The van der Waals surface area contributed by atoms with E-state index < -0.39 is 0 Å². The Morgan fingerprint density at radius 1 is 1.35 bits per heavy atom. The largest absolute Gasteiger partial charge is 0.319 e. The Hall–Kier alpha value is -0.410. The lowest BCUT2D eigenvalue weighted by Crippen LogP contribution is -2.36. The summed E-state index contributed by atoms with van der Waals surface area (Å²) < 4.78 is 0. The Morgan fingerprint density at radius 2 is 2.12 bits per heavy atom. The molecule has 0 amide bonds. The minimum Gasteiger partial charge on any atom is -0.319 e. The van der Waals surface area contributed by atoms with Gasteiger partial charge >= 0.3 is 0 Å². The molecule has 1 heterocycles. The molecule has 2 nitrogen and oxygen atoms in total. The first kappa shape index (κ1) is 13.0. The SMILES string of the molecule is CCC1CCCC(N)(c2nc(C)c(C)s2)CC1. The lowest BCUT2D eigenvalue weighted by molar-refractivity contribution is 0.370. The Bertz CT molecular complexity index is 366. The second-order valence-electron chi connectivity index (χ2n) is 5.52. The molecule has 0 aliphatic heterocycles. The highest BCUT2D eigenvalue weighted by molar-refractivity contribution is 7.11. The normalized spacial score (nSPS) is 30.2. The van der Waals surface area contributed by atoms with Crippen LogP contribution in [0.1, 0.15) is 61.0 Å². The zero-order chi connectivity index (χ0) is 12.5. The van der Waals surface area contributed by atoms with Crippen LogP contribution in [0.2, 0.25) is 0 Å². The number of hydrogen-bond donors (Lipinski definition) is 1. The summed E-state index contributed by atoms with van der Waals surface area (Å²) in [4.78, 5) is 6.01. The van der Waals surface area contributed by atoms with Crippen molar-refractivity contribution >= 4 is 11.3 Å². The first-order valence-electron chi connectivity index (χ1n) is 6.78. The lowest BCUT2D eigenvalue weighted by atomic mass is 9.91. The van der Waals surface area contributed by atoms with Gasteiger partial charge in [-0.2, -0.15) is 0 Å². The van der Waals surface area contributed by atoms with Gasteiger partial charge in [-0.05, 0) is 39.0 Å². The van der Waals surface area contributed by atoms with Gasteiger partial charge in [-0.1, -0.05) is 26.2 Å². The van der Waals surface area contributed by atoms with Crippen LogP contribution in [-0.2, 0) is 5.54 Å². The third kappa shape index (κ3) is 2.71. The van der Waals surface area contributed by atoms with Crippen LogP contribution < -0.4 is 5.73 Å². The minimum atomic E-state index is -0.145. The van der Waals surface area contributed by atoms with Gasteiger partial charge in [0.25, 0.3) is 0 Å². The first-order chi connectivity index (χ1) is 8.05. The van der Waals surface area contributed by atoms with E-state index in [-0.39, 0.29) is 5.54 Å². The van der Waals surface area contributed by atoms with Gasteiger partial charge in [0.05, 0.1) is 11.2 Å². The molecule has 0 spiro atoms. The van der Waals surface area contributed by atoms with Gasteiger partial charge in [-0.3, -0.25) is 0 Å². The summed E-state index contributed by atoms with van der Waals surface area (Å²) in [7, 11) is 0. The van der Waals surface area contributed by atoms with Crippen molar-refractivity contribution in [1.82, 2.24) is 4.98 Å². The van der Waals surface area contributed by atoms with Crippen molar-refractivity contribution < 1.29 is 0 Å². The zero-order valence-electron chi connectivity index (χ0n) is 11.3. The van der Waals surface area contributed by atoms with E-state index in [2.05, 4.69) is 20.8 Å². The molecule has 0 aromatic carbocycles. The summed E-state index contributed by atoms with van der Waals surface area (Å²) in [6.07, 6.45) is 7.38.